The number of hydrogen-bond donors (Lipinski definition) is 0. The second kappa shape index (κ2) is 9.01. The van der Waals surface area contributed by atoms with Crippen molar-refractivity contribution in [3.05, 3.63) is 89.7 Å². The third-order valence-electron chi connectivity index (χ3n) is 6.49. The fraction of sp³-hybridized carbons (Fsp3) is 0.333. The van der Waals surface area contributed by atoms with Gasteiger partial charge in [0.1, 0.15) is 0 Å². The Labute approximate surface area is 212 Å². The number of rotatable bonds is 4. The predicted octanol–water partition coefficient (Wildman–Crippen LogP) is 7.51. The molecule has 1 aliphatic carbocycles. The first kappa shape index (κ1) is 23.9. The first-order valence-corrected chi connectivity index (χ1v) is 12.4. The molecule has 0 aliphatic heterocycles. The number of benzene rings is 2. The Morgan fingerprint density at radius 2 is 1.14 bits per heavy atom. The minimum absolute atomic E-state index is 0.0542. The van der Waals surface area contributed by atoms with Gasteiger partial charge in [-0.25, -0.2) is 0 Å². The van der Waals surface area contributed by atoms with Gasteiger partial charge in [-0.2, -0.15) is 0 Å². The van der Waals surface area contributed by atoms with Gasteiger partial charge in [-0.3, -0.25) is 0 Å². The first-order chi connectivity index (χ1) is 17.1. The van der Waals surface area contributed by atoms with E-state index in [0.717, 1.165) is 23.1 Å². The highest BCUT2D eigenvalue weighted by Gasteiger charge is 2.23. The van der Waals surface area contributed by atoms with E-state index in [1.165, 1.54) is 11.1 Å². The molecule has 0 fully saturated rings. The number of hydrogen-bond acceptors (Lipinski definition) is 6. The van der Waals surface area contributed by atoms with Crippen LogP contribution >= 0.6 is 0 Å². The summed E-state index contributed by atoms with van der Waals surface area (Å²) in [7, 11) is 0. The van der Waals surface area contributed by atoms with E-state index < -0.39 is 0 Å². The SMILES string of the molecule is CC(C)(C)c1ccc(-c2nnc(C3=CC(c4nnc(-c5ccc(C(C)(C)C)cc5)o4)CC=C3)o2)cc1. The lowest BCUT2D eigenvalue weighted by atomic mass is 9.87. The van der Waals surface area contributed by atoms with Crippen molar-refractivity contribution < 1.29 is 8.83 Å². The molecule has 2 aromatic carbocycles. The quantitative estimate of drug-likeness (QED) is 0.301. The second-order valence-corrected chi connectivity index (χ2v) is 11.4. The lowest BCUT2D eigenvalue weighted by Crippen LogP contribution is -2.10. The number of nitrogens with zero attached hydrogens (tertiary/aromatic N) is 4. The molecule has 4 aromatic rings. The predicted molar refractivity (Wildman–Crippen MR) is 141 cm³/mol. The summed E-state index contributed by atoms with van der Waals surface area (Å²) in [4.78, 5) is 0. The molecule has 0 radical (unpaired) electrons. The second-order valence-electron chi connectivity index (χ2n) is 11.4. The van der Waals surface area contributed by atoms with Gasteiger partial charge in [-0.1, -0.05) is 84.0 Å². The summed E-state index contributed by atoms with van der Waals surface area (Å²) in [5.41, 5.74) is 5.38. The molecule has 2 aromatic heterocycles. The fourth-order valence-corrected chi connectivity index (χ4v) is 4.18. The molecule has 1 unspecified atom stereocenters. The fourth-order valence-electron chi connectivity index (χ4n) is 4.18. The van der Waals surface area contributed by atoms with E-state index in [4.69, 9.17) is 8.83 Å². The van der Waals surface area contributed by atoms with Gasteiger partial charge in [0.05, 0.1) is 5.92 Å². The molecular weight excluding hydrogens is 448 g/mol. The summed E-state index contributed by atoms with van der Waals surface area (Å²) >= 11 is 0. The lowest BCUT2D eigenvalue weighted by Gasteiger charge is -2.18. The van der Waals surface area contributed by atoms with Gasteiger partial charge in [-0.15, -0.1) is 20.4 Å². The molecule has 5 rings (SSSR count). The van der Waals surface area contributed by atoms with Crippen molar-refractivity contribution in [2.45, 2.75) is 64.7 Å². The van der Waals surface area contributed by atoms with Gasteiger partial charge in [0.15, 0.2) is 0 Å². The van der Waals surface area contributed by atoms with Crippen LogP contribution in [0.1, 0.15) is 76.8 Å². The topological polar surface area (TPSA) is 77.8 Å². The van der Waals surface area contributed by atoms with Crippen molar-refractivity contribution in [3.8, 4) is 22.9 Å². The van der Waals surface area contributed by atoms with Crippen LogP contribution < -0.4 is 0 Å². The van der Waals surface area contributed by atoms with E-state index in [2.05, 4.69) is 98.4 Å². The monoisotopic (exact) mass is 480 g/mol. The van der Waals surface area contributed by atoms with Crippen LogP contribution in [0, 0.1) is 0 Å². The molecule has 6 nitrogen and oxygen atoms in total. The van der Waals surface area contributed by atoms with E-state index in [1.54, 1.807) is 0 Å². The van der Waals surface area contributed by atoms with Crippen LogP contribution in [-0.2, 0) is 10.8 Å². The van der Waals surface area contributed by atoms with Crippen LogP contribution in [0.2, 0.25) is 0 Å². The molecule has 0 N–H and O–H groups in total. The van der Waals surface area contributed by atoms with E-state index in [1.807, 2.05) is 30.3 Å². The average molecular weight is 481 g/mol. The molecule has 6 heteroatoms. The maximum absolute atomic E-state index is 6.06. The van der Waals surface area contributed by atoms with Crippen molar-refractivity contribution in [1.29, 1.82) is 0 Å². The maximum atomic E-state index is 6.06. The van der Waals surface area contributed by atoms with Crippen LogP contribution in [-0.4, -0.2) is 20.4 Å². The zero-order valence-corrected chi connectivity index (χ0v) is 21.7. The number of aromatic nitrogens is 4. The molecule has 0 bridgehead atoms. The first-order valence-electron chi connectivity index (χ1n) is 12.4. The van der Waals surface area contributed by atoms with Gasteiger partial charge in [-0.05, 0) is 52.6 Å². The van der Waals surface area contributed by atoms with Crippen LogP contribution in [0.5, 0.6) is 0 Å². The molecule has 2 heterocycles. The normalized spacial score (nSPS) is 16.3. The Morgan fingerprint density at radius 1 is 0.639 bits per heavy atom. The Bertz CT molecular complexity index is 1410. The Hall–Kier alpha value is -3.80. The summed E-state index contributed by atoms with van der Waals surface area (Å²) in [6.07, 6.45) is 6.90. The minimum atomic E-state index is -0.0542. The summed E-state index contributed by atoms with van der Waals surface area (Å²) in [5, 5.41) is 17.2. The smallest absolute Gasteiger partial charge is 0.248 e. The van der Waals surface area contributed by atoms with Gasteiger partial charge >= 0.3 is 0 Å². The average Bonchev–Trinajstić information content (AvgIpc) is 3.54. The van der Waals surface area contributed by atoms with Crippen molar-refractivity contribution in [2.75, 3.05) is 0 Å². The van der Waals surface area contributed by atoms with Gasteiger partial charge in [0, 0.05) is 16.7 Å². The van der Waals surface area contributed by atoms with Crippen LogP contribution in [0.4, 0.5) is 0 Å². The zero-order chi connectivity index (χ0) is 25.5. The minimum Gasteiger partial charge on any atom is -0.420 e. The molecule has 1 aliphatic rings. The summed E-state index contributed by atoms with van der Waals surface area (Å²) in [6, 6.07) is 16.6. The lowest BCUT2D eigenvalue weighted by molar-refractivity contribution is 0.483. The zero-order valence-electron chi connectivity index (χ0n) is 21.7. The third kappa shape index (κ3) is 4.94. The van der Waals surface area contributed by atoms with Gasteiger partial charge < -0.3 is 8.83 Å². The van der Waals surface area contributed by atoms with Crippen molar-refractivity contribution in [3.63, 3.8) is 0 Å². The summed E-state index contributed by atoms with van der Waals surface area (Å²) in [6.45, 7) is 13.2. The van der Waals surface area contributed by atoms with Crippen molar-refractivity contribution >= 4 is 5.57 Å². The Balaban J connectivity index is 1.34. The van der Waals surface area contributed by atoms with Gasteiger partial charge in [0.25, 0.3) is 0 Å². The molecule has 0 saturated heterocycles. The molecule has 1 atom stereocenters. The van der Waals surface area contributed by atoms with Crippen LogP contribution in [0.15, 0.2) is 75.6 Å². The summed E-state index contributed by atoms with van der Waals surface area (Å²) in [5.74, 6) is 2.02. The molecule has 36 heavy (non-hydrogen) atoms. The third-order valence-corrected chi connectivity index (χ3v) is 6.49. The van der Waals surface area contributed by atoms with E-state index in [0.29, 0.717) is 23.6 Å². The highest BCUT2D eigenvalue weighted by atomic mass is 16.4. The molecule has 0 saturated carbocycles. The Kier molecular flexibility index (Phi) is 5.99. The standard InChI is InChI=1S/C30H32N4O2/c1-29(2,3)23-14-10-19(11-15-23)25-31-33-27(35-25)21-8-7-9-22(18-21)28-34-32-26(36-28)20-12-16-24(17-13-20)30(4,5)6/h7-8,10-18,22H,9H2,1-6H3. The van der Waals surface area contributed by atoms with E-state index >= 15 is 0 Å². The van der Waals surface area contributed by atoms with E-state index in [-0.39, 0.29) is 16.7 Å². The van der Waals surface area contributed by atoms with Crippen molar-refractivity contribution in [2.24, 2.45) is 0 Å². The van der Waals surface area contributed by atoms with E-state index in [9.17, 15) is 0 Å². The largest absolute Gasteiger partial charge is 0.420 e. The molecule has 0 spiro atoms. The van der Waals surface area contributed by atoms with Gasteiger partial charge in [0.2, 0.25) is 23.6 Å². The Morgan fingerprint density at radius 3 is 1.69 bits per heavy atom. The maximum Gasteiger partial charge on any atom is 0.248 e. The highest BCUT2D eigenvalue weighted by Crippen LogP contribution is 2.33. The van der Waals surface area contributed by atoms with Crippen LogP contribution in [0.25, 0.3) is 28.5 Å². The molecule has 184 valence electrons. The molecule has 0 amide bonds. The molecular formula is C30H32N4O2. The number of allylic oxidation sites excluding steroid dienone is 4. The van der Waals surface area contributed by atoms with Crippen molar-refractivity contribution in [1.82, 2.24) is 20.4 Å². The highest BCUT2D eigenvalue weighted by molar-refractivity contribution is 5.71. The van der Waals surface area contributed by atoms with Crippen LogP contribution in [0.3, 0.4) is 0 Å². The summed E-state index contributed by atoms with van der Waals surface area (Å²) < 4.78 is 12.1.